The third kappa shape index (κ3) is 5.87. The number of rotatable bonds is 7. The number of amides is 4. The van der Waals surface area contributed by atoms with Crippen LogP contribution in [0.4, 0.5) is 4.79 Å². The predicted molar refractivity (Wildman–Crippen MR) is 106 cm³/mol. The van der Waals surface area contributed by atoms with E-state index in [9.17, 15) is 14.4 Å². The van der Waals surface area contributed by atoms with Gasteiger partial charge in [-0.15, -0.1) is 0 Å². The molecular formula is C20H26N4O4. The van der Waals surface area contributed by atoms with Crippen molar-refractivity contribution in [3.8, 4) is 5.75 Å². The Morgan fingerprint density at radius 3 is 2.21 bits per heavy atom. The molecule has 1 aromatic carbocycles. The van der Waals surface area contributed by atoms with Crippen LogP contribution in [0.25, 0.3) is 0 Å². The fraction of sp³-hybridized carbons (Fsp3) is 0.350. The van der Waals surface area contributed by atoms with Crippen molar-refractivity contribution in [3.05, 3.63) is 53.3 Å². The van der Waals surface area contributed by atoms with Gasteiger partial charge in [-0.1, -0.05) is 6.92 Å². The van der Waals surface area contributed by atoms with Crippen LogP contribution in [0.3, 0.4) is 0 Å². The van der Waals surface area contributed by atoms with Crippen molar-refractivity contribution >= 4 is 17.8 Å². The molecule has 150 valence electrons. The lowest BCUT2D eigenvalue weighted by atomic mass is 10.2. The SMILES string of the molecule is CC[C@@H](C)NC(=O)NC(=O)COc1ccc(C(=O)Nn2c(C)ccc2C)cc1. The van der Waals surface area contributed by atoms with Crippen LogP contribution in [-0.4, -0.2) is 35.2 Å². The first-order valence-corrected chi connectivity index (χ1v) is 9.09. The average Bonchev–Trinajstić information content (AvgIpc) is 2.98. The van der Waals surface area contributed by atoms with Crippen LogP contribution in [0.1, 0.15) is 42.0 Å². The molecule has 4 amide bonds. The molecule has 8 nitrogen and oxygen atoms in total. The number of hydrogen-bond donors (Lipinski definition) is 3. The van der Waals surface area contributed by atoms with E-state index in [1.807, 2.05) is 39.8 Å². The van der Waals surface area contributed by atoms with Gasteiger partial charge in [-0.3, -0.25) is 25.0 Å². The molecule has 0 unspecified atom stereocenters. The zero-order valence-corrected chi connectivity index (χ0v) is 16.5. The van der Waals surface area contributed by atoms with Crippen molar-refractivity contribution in [2.75, 3.05) is 12.0 Å². The Morgan fingerprint density at radius 1 is 1.04 bits per heavy atom. The first-order valence-electron chi connectivity index (χ1n) is 9.09. The Morgan fingerprint density at radius 2 is 1.64 bits per heavy atom. The second-order valence-electron chi connectivity index (χ2n) is 6.54. The fourth-order valence-corrected chi connectivity index (χ4v) is 2.39. The molecule has 2 rings (SSSR count). The molecule has 1 heterocycles. The normalized spacial score (nSPS) is 11.4. The molecule has 0 aliphatic rings. The zero-order chi connectivity index (χ0) is 20.7. The molecule has 0 aliphatic carbocycles. The minimum Gasteiger partial charge on any atom is -0.484 e. The molecule has 0 aliphatic heterocycles. The van der Waals surface area contributed by atoms with Gasteiger partial charge in [0, 0.05) is 23.0 Å². The lowest BCUT2D eigenvalue weighted by Gasteiger charge is -2.13. The number of benzene rings is 1. The number of nitrogens with one attached hydrogen (secondary N) is 3. The number of hydrogen-bond acceptors (Lipinski definition) is 4. The van der Waals surface area contributed by atoms with E-state index in [2.05, 4.69) is 16.1 Å². The van der Waals surface area contributed by atoms with E-state index in [1.165, 1.54) is 0 Å². The molecule has 0 saturated heterocycles. The number of nitrogens with zero attached hydrogens (tertiary/aromatic N) is 1. The summed E-state index contributed by atoms with van der Waals surface area (Å²) in [6.07, 6.45) is 0.765. The standard InChI is InChI=1S/C20H26N4O4/c1-5-13(2)21-20(27)22-18(25)12-28-17-10-8-16(9-11-17)19(26)23-24-14(3)6-7-15(24)4/h6-11,13H,5,12H2,1-4H3,(H,23,26)(H2,21,22,25,27)/t13-/m1/s1. The summed E-state index contributed by atoms with van der Waals surface area (Å²) in [5.74, 6) is -0.392. The third-order valence-corrected chi connectivity index (χ3v) is 4.21. The predicted octanol–water partition coefficient (Wildman–Crippen LogP) is 2.49. The van der Waals surface area contributed by atoms with Crippen LogP contribution >= 0.6 is 0 Å². The third-order valence-electron chi connectivity index (χ3n) is 4.21. The number of imide groups is 1. The molecule has 1 aromatic heterocycles. The summed E-state index contributed by atoms with van der Waals surface area (Å²) in [6.45, 7) is 7.27. The summed E-state index contributed by atoms with van der Waals surface area (Å²) in [4.78, 5) is 35.7. The Bertz CT molecular complexity index is 823. The van der Waals surface area contributed by atoms with Gasteiger partial charge in [0.15, 0.2) is 6.61 Å². The Balaban J connectivity index is 1.84. The topological polar surface area (TPSA) is 101 Å². The van der Waals surface area contributed by atoms with E-state index in [4.69, 9.17) is 4.74 Å². The fourth-order valence-electron chi connectivity index (χ4n) is 2.39. The van der Waals surface area contributed by atoms with Gasteiger partial charge in [-0.2, -0.15) is 0 Å². The maximum atomic E-state index is 12.3. The Kier molecular flexibility index (Phi) is 7.20. The van der Waals surface area contributed by atoms with Crippen molar-refractivity contribution < 1.29 is 19.1 Å². The van der Waals surface area contributed by atoms with Gasteiger partial charge in [0.2, 0.25) is 0 Å². The number of aryl methyl sites for hydroxylation is 2. The lowest BCUT2D eigenvalue weighted by Crippen LogP contribution is -2.44. The maximum absolute atomic E-state index is 12.3. The Hall–Kier alpha value is -3.29. The lowest BCUT2D eigenvalue weighted by molar-refractivity contribution is -0.122. The van der Waals surface area contributed by atoms with Gasteiger partial charge in [0.25, 0.3) is 11.8 Å². The molecule has 0 saturated carbocycles. The highest BCUT2D eigenvalue weighted by Gasteiger charge is 2.12. The zero-order valence-electron chi connectivity index (χ0n) is 16.5. The second-order valence-corrected chi connectivity index (χ2v) is 6.54. The summed E-state index contributed by atoms with van der Waals surface area (Å²) >= 11 is 0. The van der Waals surface area contributed by atoms with E-state index in [0.717, 1.165) is 17.8 Å². The largest absolute Gasteiger partial charge is 0.484 e. The van der Waals surface area contributed by atoms with Crippen molar-refractivity contribution in [2.24, 2.45) is 0 Å². The highest BCUT2D eigenvalue weighted by molar-refractivity contribution is 6.00. The maximum Gasteiger partial charge on any atom is 0.321 e. The smallest absolute Gasteiger partial charge is 0.321 e. The number of urea groups is 1. The highest BCUT2D eigenvalue weighted by atomic mass is 16.5. The van der Waals surface area contributed by atoms with Crippen LogP contribution in [0, 0.1) is 13.8 Å². The monoisotopic (exact) mass is 386 g/mol. The highest BCUT2D eigenvalue weighted by Crippen LogP contribution is 2.13. The van der Waals surface area contributed by atoms with E-state index in [-0.39, 0.29) is 18.6 Å². The number of carbonyl (C=O) groups is 3. The van der Waals surface area contributed by atoms with E-state index < -0.39 is 11.9 Å². The van der Waals surface area contributed by atoms with Crippen molar-refractivity contribution in [1.29, 1.82) is 0 Å². The first kappa shape index (κ1) is 21.0. The summed E-state index contributed by atoms with van der Waals surface area (Å²) in [7, 11) is 0. The van der Waals surface area contributed by atoms with Crippen molar-refractivity contribution in [2.45, 2.75) is 40.2 Å². The minimum atomic E-state index is -0.554. The molecule has 0 radical (unpaired) electrons. The van der Waals surface area contributed by atoms with Crippen molar-refractivity contribution in [1.82, 2.24) is 15.3 Å². The minimum absolute atomic E-state index is 0.0217. The van der Waals surface area contributed by atoms with Gasteiger partial charge in [-0.25, -0.2) is 4.79 Å². The van der Waals surface area contributed by atoms with Gasteiger partial charge in [0.1, 0.15) is 5.75 Å². The summed E-state index contributed by atoms with van der Waals surface area (Å²) in [5.41, 5.74) is 5.12. The summed E-state index contributed by atoms with van der Waals surface area (Å²) in [5, 5.41) is 4.83. The number of carbonyl (C=O) groups excluding carboxylic acids is 3. The van der Waals surface area contributed by atoms with Crippen LogP contribution in [0.5, 0.6) is 5.75 Å². The number of ether oxygens (including phenoxy) is 1. The summed E-state index contributed by atoms with van der Waals surface area (Å²) in [6, 6.07) is 9.66. The average molecular weight is 386 g/mol. The second kappa shape index (κ2) is 9.59. The molecule has 28 heavy (non-hydrogen) atoms. The van der Waals surface area contributed by atoms with Gasteiger partial charge in [0.05, 0.1) is 0 Å². The van der Waals surface area contributed by atoms with Gasteiger partial charge >= 0.3 is 6.03 Å². The molecule has 1 atom stereocenters. The van der Waals surface area contributed by atoms with E-state index >= 15 is 0 Å². The van der Waals surface area contributed by atoms with Crippen LogP contribution < -0.4 is 20.8 Å². The summed E-state index contributed by atoms with van der Waals surface area (Å²) < 4.78 is 7.06. The van der Waals surface area contributed by atoms with Crippen molar-refractivity contribution in [3.63, 3.8) is 0 Å². The molecule has 0 fully saturated rings. The first-order chi connectivity index (χ1) is 13.3. The molecular weight excluding hydrogens is 360 g/mol. The van der Waals surface area contributed by atoms with E-state index in [0.29, 0.717) is 11.3 Å². The van der Waals surface area contributed by atoms with E-state index in [1.54, 1.807) is 28.9 Å². The molecule has 2 aromatic rings. The van der Waals surface area contributed by atoms with Gasteiger partial charge < -0.3 is 10.1 Å². The van der Waals surface area contributed by atoms with Crippen LogP contribution in [0.15, 0.2) is 36.4 Å². The Labute approximate surface area is 164 Å². The quantitative estimate of drug-likeness (QED) is 0.680. The molecule has 0 spiro atoms. The van der Waals surface area contributed by atoms with Gasteiger partial charge in [-0.05, 0) is 63.6 Å². The molecule has 8 heteroatoms. The molecule has 3 N–H and O–H groups in total. The molecule has 0 bridgehead atoms. The number of aromatic nitrogens is 1. The van der Waals surface area contributed by atoms with Crippen LogP contribution in [0.2, 0.25) is 0 Å². The van der Waals surface area contributed by atoms with Crippen LogP contribution in [-0.2, 0) is 4.79 Å².